The second-order valence-corrected chi connectivity index (χ2v) is 6.65. The zero-order chi connectivity index (χ0) is 15.6. The van der Waals surface area contributed by atoms with E-state index in [9.17, 15) is 4.79 Å². The van der Waals surface area contributed by atoms with Crippen molar-refractivity contribution in [1.29, 1.82) is 0 Å². The van der Waals surface area contributed by atoms with Crippen LogP contribution in [0.1, 0.15) is 51.1 Å². The molecule has 1 aromatic rings. The molecule has 1 heterocycles. The molecule has 120 valence electrons. The van der Waals surface area contributed by atoms with Crippen LogP contribution in [0.2, 0.25) is 0 Å². The monoisotopic (exact) mass is 302 g/mol. The summed E-state index contributed by atoms with van der Waals surface area (Å²) in [5, 5.41) is 3.20. The van der Waals surface area contributed by atoms with Crippen molar-refractivity contribution in [3.63, 3.8) is 0 Å². The second kappa shape index (κ2) is 6.29. The Kier molecular flexibility index (Phi) is 4.39. The molecule has 2 aliphatic rings. The van der Waals surface area contributed by atoms with Crippen LogP contribution in [0.25, 0.3) is 0 Å². The molecule has 2 atom stereocenters. The lowest BCUT2D eigenvalue weighted by Crippen LogP contribution is -2.62. The molecule has 1 aliphatic heterocycles. The molecule has 22 heavy (non-hydrogen) atoms. The number of amides is 2. The van der Waals surface area contributed by atoms with Gasteiger partial charge < -0.3 is 15.0 Å². The summed E-state index contributed by atoms with van der Waals surface area (Å²) in [6, 6.07) is 10.4. The first kappa shape index (κ1) is 15.3. The van der Waals surface area contributed by atoms with E-state index in [-0.39, 0.29) is 23.7 Å². The SMILES string of the molecule is CC[C@@H](NC(=O)N1CC2(CCC2)OCC1C)c1ccccc1. The van der Waals surface area contributed by atoms with E-state index in [1.165, 1.54) is 6.42 Å². The fourth-order valence-electron chi connectivity index (χ4n) is 3.38. The van der Waals surface area contributed by atoms with E-state index in [4.69, 9.17) is 4.74 Å². The fourth-order valence-corrected chi connectivity index (χ4v) is 3.38. The molecule has 1 saturated carbocycles. The first-order valence-corrected chi connectivity index (χ1v) is 8.39. The van der Waals surface area contributed by atoms with E-state index in [2.05, 4.69) is 31.3 Å². The van der Waals surface area contributed by atoms with Gasteiger partial charge in [-0.25, -0.2) is 4.79 Å². The summed E-state index contributed by atoms with van der Waals surface area (Å²) in [6.07, 6.45) is 4.27. The summed E-state index contributed by atoms with van der Waals surface area (Å²) in [7, 11) is 0. The maximum atomic E-state index is 12.7. The number of rotatable bonds is 3. The first-order valence-electron chi connectivity index (χ1n) is 8.39. The van der Waals surface area contributed by atoms with Gasteiger partial charge in [0.15, 0.2) is 0 Å². The molecular formula is C18H26N2O2. The Labute approximate surface area is 132 Å². The Morgan fingerprint density at radius 1 is 1.41 bits per heavy atom. The number of hydrogen-bond acceptors (Lipinski definition) is 2. The Balaban J connectivity index is 1.67. The Bertz CT molecular complexity index is 513. The molecule has 4 nitrogen and oxygen atoms in total. The molecule has 2 fully saturated rings. The molecule has 1 aliphatic carbocycles. The molecule has 0 bridgehead atoms. The van der Waals surface area contributed by atoms with E-state index in [1.807, 2.05) is 23.1 Å². The van der Waals surface area contributed by atoms with Gasteiger partial charge in [-0.2, -0.15) is 0 Å². The van der Waals surface area contributed by atoms with Crippen LogP contribution in [-0.4, -0.2) is 35.7 Å². The van der Waals surface area contributed by atoms with Crippen molar-refractivity contribution in [3.05, 3.63) is 35.9 Å². The van der Waals surface area contributed by atoms with Crippen molar-refractivity contribution < 1.29 is 9.53 Å². The number of carbonyl (C=O) groups is 1. The highest BCUT2D eigenvalue weighted by Crippen LogP contribution is 2.39. The molecule has 2 amide bonds. The summed E-state index contributed by atoms with van der Waals surface area (Å²) < 4.78 is 5.99. The number of nitrogens with zero attached hydrogens (tertiary/aromatic N) is 1. The van der Waals surface area contributed by atoms with Crippen LogP contribution in [0.15, 0.2) is 30.3 Å². The molecular weight excluding hydrogens is 276 g/mol. The van der Waals surface area contributed by atoms with E-state index in [0.29, 0.717) is 6.61 Å². The molecule has 0 radical (unpaired) electrons. The van der Waals surface area contributed by atoms with Crippen molar-refractivity contribution in [1.82, 2.24) is 10.2 Å². The average Bonchev–Trinajstić information content (AvgIpc) is 2.52. The summed E-state index contributed by atoms with van der Waals surface area (Å²) in [4.78, 5) is 14.7. The van der Waals surface area contributed by atoms with E-state index in [1.54, 1.807) is 0 Å². The molecule has 0 aromatic heterocycles. The largest absolute Gasteiger partial charge is 0.371 e. The summed E-state index contributed by atoms with van der Waals surface area (Å²) in [5.74, 6) is 0. The lowest BCUT2D eigenvalue weighted by Gasteiger charge is -2.50. The topological polar surface area (TPSA) is 41.6 Å². The molecule has 1 aromatic carbocycles. The predicted molar refractivity (Wildman–Crippen MR) is 86.7 cm³/mol. The van der Waals surface area contributed by atoms with Gasteiger partial charge in [-0.05, 0) is 38.2 Å². The van der Waals surface area contributed by atoms with Gasteiger partial charge >= 0.3 is 6.03 Å². The zero-order valence-corrected chi connectivity index (χ0v) is 13.5. The second-order valence-electron chi connectivity index (χ2n) is 6.65. The third-order valence-electron chi connectivity index (χ3n) is 5.05. The van der Waals surface area contributed by atoms with Crippen LogP contribution in [-0.2, 0) is 4.74 Å². The van der Waals surface area contributed by atoms with Crippen molar-refractivity contribution >= 4 is 6.03 Å². The number of urea groups is 1. The van der Waals surface area contributed by atoms with Crippen LogP contribution in [0, 0.1) is 0 Å². The normalized spacial score (nSPS) is 24.6. The van der Waals surface area contributed by atoms with Crippen LogP contribution in [0.4, 0.5) is 4.79 Å². The van der Waals surface area contributed by atoms with E-state index in [0.717, 1.165) is 31.4 Å². The number of benzene rings is 1. The Hall–Kier alpha value is -1.55. The van der Waals surface area contributed by atoms with Gasteiger partial charge in [-0.15, -0.1) is 0 Å². The third kappa shape index (κ3) is 2.98. The van der Waals surface area contributed by atoms with Gasteiger partial charge in [-0.1, -0.05) is 37.3 Å². The summed E-state index contributed by atoms with van der Waals surface area (Å²) in [6.45, 7) is 5.55. The highest BCUT2D eigenvalue weighted by molar-refractivity contribution is 5.75. The van der Waals surface area contributed by atoms with Crippen LogP contribution in [0.5, 0.6) is 0 Å². The van der Waals surface area contributed by atoms with Crippen molar-refractivity contribution in [3.8, 4) is 0 Å². The van der Waals surface area contributed by atoms with Gasteiger partial charge in [-0.3, -0.25) is 0 Å². The zero-order valence-electron chi connectivity index (χ0n) is 13.5. The minimum absolute atomic E-state index is 0.0396. The van der Waals surface area contributed by atoms with Gasteiger partial charge in [0, 0.05) is 0 Å². The van der Waals surface area contributed by atoms with Crippen molar-refractivity contribution in [2.45, 2.75) is 57.2 Å². The minimum atomic E-state index is -0.0572. The fraction of sp³-hybridized carbons (Fsp3) is 0.611. The van der Waals surface area contributed by atoms with Crippen LogP contribution >= 0.6 is 0 Å². The molecule has 1 unspecified atom stereocenters. The lowest BCUT2D eigenvalue weighted by molar-refractivity contribution is -0.157. The number of nitrogens with one attached hydrogen (secondary N) is 1. The molecule has 1 N–H and O–H groups in total. The van der Waals surface area contributed by atoms with Gasteiger partial charge in [0.2, 0.25) is 0 Å². The molecule has 4 heteroatoms. The quantitative estimate of drug-likeness (QED) is 0.928. The van der Waals surface area contributed by atoms with E-state index < -0.39 is 0 Å². The summed E-state index contributed by atoms with van der Waals surface area (Å²) >= 11 is 0. The highest BCUT2D eigenvalue weighted by Gasteiger charge is 2.45. The molecule has 1 spiro atoms. The Morgan fingerprint density at radius 3 is 2.73 bits per heavy atom. The number of carbonyl (C=O) groups excluding carboxylic acids is 1. The number of morpholine rings is 1. The standard InChI is InChI=1S/C18H26N2O2/c1-3-16(15-8-5-4-6-9-15)19-17(21)20-13-18(10-7-11-18)22-12-14(20)2/h4-6,8-9,14,16H,3,7,10-13H2,1-2H3,(H,19,21)/t14?,16-/m1/s1. The van der Waals surface area contributed by atoms with Crippen molar-refractivity contribution in [2.75, 3.05) is 13.2 Å². The van der Waals surface area contributed by atoms with Crippen LogP contribution in [0.3, 0.4) is 0 Å². The lowest BCUT2D eigenvalue weighted by atomic mass is 9.78. The summed E-state index contributed by atoms with van der Waals surface area (Å²) in [5.41, 5.74) is 1.11. The Morgan fingerprint density at radius 2 is 2.14 bits per heavy atom. The molecule has 3 rings (SSSR count). The third-order valence-corrected chi connectivity index (χ3v) is 5.05. The average molecular weight is 302 g/mol. The maximum absolute atomic E-state index is 12.7. The van der Waals surface area contributed by atoms with Crippen LogP contribution < -0.4 is 5.32 Å². The van der Waals surface area contributed by atoms with Gasteiger partial charge in [0.05, 0.1) is 30.8 Å². The van der Waals surface area contributed by atoms with E-state index >= 15 is 0 Å². The predicted octanol–water partition coefficient (Wildman–Crippen LogP) is 3.49. The first-order chi connectivity index (χ1) is 10.6. The minimum Gasteiger partial charge on any atom is -0.371 e. The number of hydrogen-bond donors (Lipinski definition) is 1. The number of ether oxygens (including phenoxy) is 1. The van der Waals surface area contributed by atoms with Gasteiger partial charge in [0.25, 0.3) is 0 Å². The maximum Gasteiger partial charge on any atom is 0.318 e. The van der Waals surface area contributed by atoms with Gasteiger partial charge in [0.1, 0.15) is 0 Å². The smallest absolute Gasteiger partial charge is 0.318 e. The molecule has 1 saturated heterocycles. The van der Waals surface area contributed by atoms with Crippen molar-refractivity contribution in [2.24, 2.45) is 0 Å². The highest BCUT2D eigenvalue weighted by atomic mass is 16.5.